The van der Waals surface area contributed by atoms with Crippen LogP contribution in [-0.4, -0.2) is 61.5 Å². The van der Waals surface area contributed by atoms with Gasteiger partial charge in [0.15, 0.2) is 0 Å². The van der Waals surface area contributed by atoms with Crippen LogP contribution in [0.25, 0.3) is 0 Å². The average Bonchev–Trinajstić information content (AvgIpc) is 2.16. The third-order valence-electron chi connectivity index (χ3n) is 2.53. The number of aliphatic hydroxyl groups excluding tert-OH is 1. The van der Waals surface area contributed by atoms with Crippen molar-refractivity contribution in [3.8, 4) is 0 Å². The van der Waals surface area contributed by atoms with Gasteiger partial charge in [-0.1, -0.05) is 0 Å². The van der Waals surface area contributed by atoms with Crippen LogP contribution in [0.2, 0.25) is 0 Å². The number of nitrogens with zero attached hydrogens (tertiary/aromatic N) is 1. The van der Waals surface area contributed by atoms with E-state index in [-0.39, 0.29) is 25.1 Å². The van der Waals surface area contributed by atoms with E-state index < -0.39 is 5.60 Å². The van der Waals surface area contributed by atoms with Crippen molar-refractivity contribution in [3.05, 3.63) is 0 Å². The van der Waals surface area contributed by atoms with Gasteiger partial charge >= 0.3 is 5.97 Å². The Labute approximate surface area is 90.0 Å². The Kier molecular flexibility index (Phi) is 4.07. The number of methoxy groups -OCH3 is 1. The Morgan fingerprint density at radius 3 is 2.93 bits per heavy atom. The number of hydrogen-bond donors (Lipinski definition) is 1. The summed E-state index contributed by atoms with van der Waals surface area (Å²) in [6.45, 7) is 3.15. The smallest absolute Gasteiger partial charge is 0.308 e. The first-order valence-electron chi connectivity index (χ1n) is 5.03. The molecule has 0 spiro atoms. The Morgan fingerprint density at radius 2 is 2.40 bits per heavy atom. The summed E-state index contributed by atoms with van der Waals surface area (Å²) in [6, 6.07) is 0. The summed E-state index contributed by atoms with van der Waals surface area (Å²) in [5.41, 5.74) is -0.578. The van der Waals surface area contributed by atoms with Gasteiger partial charge in [0.05, 0.1) is 26.2 Å². The van der Waals surface area contributed by atoms with E-state index in [4.69, 9.17) is 4.74 Å². The molecule has 0 unspecified atom stereocenters. The van der Waals surface area contributed by atoms with Gasteiger partial charge in [-0.15, -0.1) is 0 Å². The highest BCUT2D eigenvalue weighted by Gasteiger charge is 2.36. The lowest BCUT2D eigenvalue weighted by Crippen LogP contribution is -2.55. The van der Waals surface area contributed by atoms with Gasteiger partial charge in [0.2, 0.25) is 0 Å². The van der Waals surface area contributed by atoms with Gasteiger partial charge in [-0.3, -0.25) is 4.79 Å². The van der Waals surface area contributed by atoms with Crippen LogP contribution in [0, 0.1) is 0 Å². The molecule has 1 N–H and O–H groups in total. The van der Waals surface area contributed by atoms with Gasteiger partial charge in [-0.2, -0.15) is 0 Å². The first-order chi connectivity index (χ1) is 6.99. The van der Waals surface area contributed by atoms with E-state index in [9.17, 15) is 9.90 Å². The Bertz CT molecular complexity index is 233. The maximum atomic E-state index is 11.1. The molecule has 5 heteroatoms. The summed E-state index contributed by atoms with van der Waals surface area (Å²) in [4.78, 5) is 13.2. The van der Waals surface area contributed by atoms with Crippen LogP contribution in [-0.2, 0) is 14.3 Å². The van der Waals surface area contributed by atoms with Crippen molar-refractivity contribution in [2.45, 2.75) is 25.0 Å². The molecule has 88 valence electrons. The zero-order valence-electron chi connectivity index (χ0n) is 9.52. The predicted octanol–water partition coefficient (Wildman–Crippen LogP) is -0.369. The van der Waals surface area contributed by atoms with Crippen molar-refractivity contribution in [2.24, 2.45) is 0 Å². The van der Waals surface area contributed by atoms with E-state index in [1.165, 1.54) is 7.11 Å². The average molecular weight is 217 g/mol. The highest BCUT2D eigenvalue weighted by atomic mass is 16.5. The number of carbonyl (C=O) groups excluding carboxylic acids is 1. The van der Waals surface area contributed by atoms with E-state index in [0.717, 1.165) is 0 Å². The Balaban J connectivity index is 2.55. The normalized spacial score (nSPS) is 32.7. The third-order valence-corrected chi connectivity index (χ3v) is 2.53. The molecule has 0 aromatic carbocycles. The van der Waals surface area contributed by atoms with Crippen molar-refractivity contribution in [1.82, 2.24) is 4.90 Å². The summed E-state index contributed by atoms with van der Waals surface area (Å²) in [6.07, 6.45) is 0.0320. The zero-order chi connectivity index (χ0) is 11.5. The fourth-order valence-corrected chi connectivity index (χ4v) is 1.92. The zero-order valence-corrected chi connectivity index (χ0v) is 9.52. The SMILES string of the molecule is COC(=O)C[C@@H]1CN(C)C[C@](C)(CO)O1. The number of esters is 1. The monoisotopic (exact) mass is 217 g/mol. The first kappa shape index (κ1) is 12.4. The predicted molar refractivity (Wildman–Crippen MR) is 54.5 cm³/mol. The molecule has 1 fully saturated rings. The lowest BCUT2D eigenvalue weighted by atomic mass is 10.0. The van der Waals surface area contributed by atoms with Crippen LogP contribution in [0.3, 0.4) is 0 Å². The molecular formula is C10H19NO4. The summed E-state index contributed by atoms with van der Waals surface area (Å²) < 4.78 is 10.3. The first-order valence-corrected chi connectivity index (χ1v) is 5.03. The largest absolute Gasteiger partial charge is 0.469 e. The molecular weight excluding hydrogens is 198 g/mol. The van der Waals surface area contributed by atoms with Gasteiger partial charge in [0.25, 0.3) is 0 Å². The summed E-state index contributed by atoms with van der Waals surface area (Å²) >= 11 is 0. The Morgan fingerprint density at radius 1 is 1.73 bits per heavy atom. The van der Waals surface area contributed by atoms with Gasteiger partial charge in [-0.05, 0) is 14.0 Å². The topological polar surface area (TPSA) is 59.0 Å². The van der Waals surface area contributed by atoms with Gasteiger partial charge in [-0.25, -0.2) is 0 Å². The van der Waals surface area contributed by atoms with Crippen molar-refractivity contribution >= 4 is 5.97 Å². The number of morpholine rings is 1. The van der Waals surface area contributed by atoms with E-state index in [1.54, 1.807) is 0 Å². The molecule has 0 saturated carbocycles. The van der Waals surface area contributed by atoms with E-state index in [2.05, 4.69) is 4.74 Å². The summed E-state index contributed by atoms with van der Waals surface area (Å²) in [5, 5.41) is 9.21. The lowest BCUT2D eigenvalue weighted by Gasteiger charge is -2.42. The molecule has 0 aliphatic carbocycles. The molecule has 0 aromatic rings. The Hall–Kier alpha value is -0.650. The maximum Gasteiger partial charge on any atom is 0.308 e. The number of rotatable bonds is 3. The highest BCUT2D eigenvalue weighted by Crippen LogP contribution is 2.21. The minimum absolute atomic E-state index is 0.0466. The molecule has 1 rings (SSSR count). The molecule has 1 saturated heterocycles. The van der Waals surface area contributed by atoms with Crippen molar-refractivity contribution in [3.63, 3.8) is 0 Å². The molecule has 0 amide bonds. The van der Waals surface area contributed by atoms with Gasteiger partial charge in [0.1, 0.15) is 5.60 Å². The van der Waals surface area contributed by atoms with Crippen molar-refractivity contribution in [2.75, 3.05) is 33.9 Å². The van der Waals surface area contributed by atoms with Crippen LogP contribution >= 0.6 is 0 Å². The van der Waals surface area contributed by atoms with Gasteiger partial charge in [0, 0.05) is 13.1 Å². The standard InChI is InChI=1S/C10H19NO4/c1-10(7-12)6-11(2)5-8(15-10)4-9(13)14-3/h8,12H,4-7H2,1-3H3/t8-,10-/m1/s1. The molecule has 15 heavy (non-hydrogen) atoms. The molecule has 5 nitrogen and oxygen atoms in total. The number of hydrogen-bond acceptors (Lipinski definition) is 5. The van der Waals surface area contributed by atoms with E-state index in [0.29, 0.717) is 13.1 Å². The molecule has 1 aliphatic heterocycles. The second-order valence-electron chi connectivity index (χ2n) is 4.32. The molecule has 0 aromatic heterocycles. The minimum atomic E-state index is -0.578. The van der Waals surface area contributed by atoms with Crippen LogP contribution < -0.4 is 0 Å². The number of likely N-dealkylation sites (N-methyl/N-ethyl adjacent to an activating group) is 1. The summed E-state index contributed by atoms with van der Waals surface area (Å²) in [7, 11) is 3.31. The molecule has 0 radical (unpaired) electrons. The van der Waals surface area contributed by atoms with E-state index in [1.807, 2.05) is 18.9 Å². The van der Waals surface area contributed by atoms with E-state index >= 15 is 0 Å². The lowest BCUT2D eigenvalue weighted by molar-refractivity contribution is -0.171. The molecule has 2 atom stereocenters. The van der Waals surface area contributed by atoms with Crippen molar-refractivity contribution < 1.29 is 19.4 Å². The second-order valence-corrected chi connectivity index (χ2v) is 4.32. The van der Waals surface area contributed by atoms with Crippen LogP contribution in [0.1, 0.15) is 13.3 Å². The fraction of sp³-hybridized carbons (Fsp3) is 0.900. The molecule has 1 aliphatic rings. The van der Waals surface area contributed by atoms with Gasteiger partial charge < -0.3 is 19.5 Å². The third kappa shape index (κ3) is 3.44. The van der Waals surface area contributed by atoms with Crippen molar-refractivity contribution in [1.29, 1.82) is 0 Å². The molecule has 1 heterocycles. The molecule has 0 bridgehead atoms. The second kappa shape index (κ2) is 4.92. The van der Waals surface area contributed by atoms with Crippen LogP contribution in [0.5, 0.6) is 0 Å². The minimum Gasteiger partial charge on any atom is -0.469 e. The number of aliphatic hydroxyl groups is 1. The van der Waals surface area contributed by atoms with Crippen LogP contribution in [0.4, 0.5) is 0 Å². The maximum absolute atomic E-state index is 11.1. The fourth-order valence-electron chi connectivity index (χ4n) is 1.92. The van der Waals surface area contributed by atoms with Crippen LogP contribution in [0.15, 0.2) is 0 Å². The highest BCUT2D eigenvalue weighted by molar-refractivity contribution is 5.69. The summed E-state index contributed by atoms with van der Waals surface area (Å²) in [5.74, 6) is -0.282. The number of ether oxygens (including phenoxy) is 2. The number of carbonyl (C=O) groups is 1. The quantitative estimate of drug-likeness (QED) is 0.654.